The maximum atomic E-state index is 12.9. The smallest absolute Gasteiger partial charge is 0.239 e. The summed E-state index contributed by atoms with van der Waals surface area (Å²) in [5.74, 6) is -0.196. The molecule has 0 saturated carbocycles. The van der Waals surface area contributed by atoms with E-state index in [4.69, 9.17) is 0 Å². The van der Waals surface area contributed by atoms with Crippen LogP contribution in [0.15, 0.2) is 24.3 Å². The van der Waals surface area contributed by atoms with E-state index >= 15 is 0 Å². The molecule has 0 spiro atoms. The first-order valence-corrected chi connectivity index (χ1v) is 9.43. The monoisotopic (exact) mass is 342 g/mol. The van der Waals surface area contributed by atoms with E-state index in [-0.39, 0.29) is 35.3 Å². The van der Waals surface area contributed by atoms with E-state index in [1.165, 1.54) is 12.1 Å². The summed E-state index contributed by atoms with van der Waals surface area (Å²) in [4.78, 5) is 16.0. The van der Waals surface area contributed by atoms with Gasteiger partial charge in [0.15, 0.2) is 9.84 Å². The zero-order chi connectivity index (χ0) is 17.2. The highest BCUT2D eigenvalue weighted by molar-refractivity contribution is 7.91. The average molecular weight is 342 g/mol. The Morgan fingerprint density at radius 2 is 1.91 bits per heavy atom. The van der Waals surface area contributed by atoms with Gasteiger partial charge >= 0.3 is 0 Å². The van der Waals surface area contributed by atoms with Crippen molar-refractivity contribution in [2.75, 3.05) is 25.6 Å². The fraction of sp³-hybridized carbons (Fsp3) is 0.562. The predicted molar refractivity (Wildman–Crippen MR) is 87.2 cm³/mol. The lowest BCUT2D eigenvalue weighted by atomic mass is 10.1. The van der Waals surface area contributed by atoms with Crippen molar-refractivity contribution in [2.45, 2.75) is 32.0 Å². The van der Waals surface area contributed by atoms with Gasteiger partial charge in [0.05, 0.1) is 17.5 Å². The largest absolute Gasteiger partial charge is 0.340 e. The van der Waals surface area contributed by atoms with E-state index in [1.807, 2.05) is 11.9 Å². The highest BCUT2D eigenvalue weighted by atomic mass is 32.2. The van der Waals surface area contributed by atoms with Crippen LogP contribution in [0.25, 0.3) is 0 Å². The Morgan fingerprint density at radius 3 is 2.43 bits per heavy atom. The van der Waals surface area contributed by atoms with Crippen molar-refractivity contribution in [3.8, 4) is 0 Å². The molecule has 5 nitrogen and oxygen atoms in total. The van der Waals surface area contributed by atoms with Crippen LogP contribution in [0, 0.1) is 5.82 Å². The van der Waals surface area contributed by atoms with Crippen LogP contribution >= 0.6 is 0 Å². The van der Waals surface area contributed by atoms with Gasteiger partial charge in [-0.1, -0.05) is 12.1 Å². The van der Waals surface area contributed by atoms with Crippen LogP contribution in [0.3, 0.4) is 0 Å². The average Bonchev–Trinajstić information content (AvgIpc) is 2.87. The third kappa shape index (κ3) is 4.51. The van der Waals surface area contributed by atoms with Gasteiger partial charge < -0.3 is 4.90 Å². The molecular formula is C16H23FN2O3S. The zero-order valence-corrected chi connectivity index (χ0v) is 14.5. The van der Waals surface area contributed by atoms with Crippen LogP contribution in [0.1, 0.15) is 18.9 Å². The standard InChI is InChI=1S/C16H23FN2O3S/c1-12(18(2)10-13-4-6-14(17)7-5-13)16(20)19(3)15-8-9-23(21,22)11-15/h4-7,12,15H,8-11H2,1-3H3/t12-,15-/m1/s1. The maximum Gasteiger partial charge on any atom is 0.239 e. The Balaban J connectivity index is 1.96. The van der Waals surface area contributed by atoms with Gasteiger partial charge in [-0.15, -0.1) is 0 Å². The van der Waals surface area contributed by atoms with Crippen molar-refractivity contribution in [1.29, 1.82) is 0 Å². The lowest BCUT2D eigenvalue weighted by Crippen LogP contribution is -2.48. The number of halogens is 1. The van der Waals surface area contributed by atoms with Gasteiger partial charge in [0.25, 0.3) is 0 Å². The molecule has 0 N–H and O–H groups in total. The second-order valence-corrected chi connectivity index (χ2v) is 8.45. The number of carbonyl (C=O) groups is 1. The van der Waals surface area contributed by atoms with Crippen molar-refractivity contribution in [2.24, 2.45) is 0 Å². The van der Waals surface area contributed by atoms with Crippen LogP contribution in [-0.4, -0.2) is 61.8 Å². The van der Waals surface area contributed by atoms with Crippen LogP contribution < -0.4 is 0 Å². The molecule has 1 saturated heterocycles. The molecule has 1 fully saturated rings. The molecule has 1 heterocycles. The van der Waals surface area contributed by atoms with E-state index in [9.17, 15) is 17.6 Å². The summed E-state index contributed by atoms with van der Waals surface area (Å²) in [5, 5.41) is 0. The Kier molecular flexibility index (Phi) is 5.41. The number of sulfone groups is 1. The minimum Gasteiger partial charge on any atom is -0.340 e. The number of hydrogen-bond acceptors (Lipinski definition) is 4. The molecule has 1 aromatic rings. The lowest BCUT2D eigenvalue weighted by Gasteiger charge is -2.31. The third-order valence-corrected chi connectivity index (χ3v) is 6.22. The van der Waals surface area contributed by atoms with Crippen molar-refractivity contribution >= 4 is 15.7 Å². The fourth-order valence-corrected chi connectivity index (χ4v) is 4.53. The maximum absolute atomic E-state index is 12.9. The van der Waals surface area contributed by atoms with E-state index in [0.29, 0.717) is 13.0 Å². The second kappa shape index (κ2) is 6.97. The molecule has 23 heavy (non-hydrogen) atoms. The molecule has 128 valence electrons. The SMILES string of the molecule is C[C@H](C(=O)N(C)[C@@H]1CCS(=O)(=O)C1)N(C)Cc1ccc(F)cc1. The molecule has 1 aliphatic heterocycles. The Bertz CT molecular complexity index is 660. The molecule has 1 amide bonds. The van der Waals surface area contributed by atoms with Gasteiger partial charge in [-0.05, 0) is 38.1 Å². The summed E-state index contributed by atoms with van der Waals surface area (Å²) in [6.07, 6.45) is 0.499. The summed E-state index contributed by atoms with van der Waals surface area (Å²) in [6, 6.07) is 5.55. The van der Waals surface area contributed by atoms with Crippen LogP contribution in [-0.2, 0) is 21.2 Å². The molecule has 0 aromatic heterocycles. The van der Waals surface area contributed by atoms with Gasteiger partial charge in [0.2, 0.25) is 5.91 Å². The second-order valence-electron chi connectivity index (χ2n) is 6.22. The first-order valence-electron chi connectivity index (χ1n) is 7.61. The molecule has 2 atom stereocenters. The predicted octanol–water partition coefficient (Wildman–Crippen LogP) is 1.29. The molecular weight excluding hydrogens is 319 g/mol. The Labute approximate surface area is 137 Å². The van der Waals surface area contributed by atoms with Crippen molar-refractivity contribution in [3.05, 3.63) is 35.6 Å². The van der Waals surface area contributed by atoms with E-state index in [0.717, 1.165) is 5.56 Å². The summed E-state index contributed by atoms with van der Waals surface area (Å²) in [7, 11) is 0.472. The van der Waals surface area contributed by atoms with E-state index in [2.05, 4.69) is 0 Å². The number of rotatable bonds is 5. The number of nitrogens with zero attached hydrogens (tertiary/aromatic N) is 2. The molecule has 0 bridgehead atoms. The molecule has 2 rings (SSSR count). The third-order valence-electron chi connectivity index (χ3n) is 4.47. The summed E-state index contributed by atoms with van der Waals surface area (Å²) >= 11 is 0. The molecule has 0 radical (unpaired) electrons. The Morgan fingerprint density at radius 1 is 1.30 bits per heavy atom. The summed E-state index contributed by atoms with van der Waals surface area (Å²) in [6.45, 7) is 2.32. The summed E-state index contributed by atoms with van der Waals surface area (Å²) in [5.41, 5.74) is 0.916. The number of amides is 1. The zero-order valence-electron chi connectivity index (χ0n) is 13.7. The topological polar surface area (TPSA) is 57.7 Å². The molecule has 1 aromatic carbocycles. The summed E-state index contributed by atoms with van der Waals surface area (Å²) < 4.78 is 36.1. The number of likely N-dealkylation sites (N-methyl/N-ethyl adjacent to an activating group) is 2. The number of carbonyl (C=O) groups excluding carboxylic acids is 1. The van der Waals surface area contributed by atoms with Gasteiger partial charge in [-0.2, -0.15) is 0 Å². The van der Waals surface area contributed by atoms with Crippen molar-refractivity contribution in [1.82, 2.24) is 9.80 Å². The minimum absolute atomic E-state index is 0.0453. The van der Waals surface area contributed by atoms with Crippen LogP contribution in [0.5, 0.6) is 0 Å². The highest BCUT2D eigenvalue weighted by Gasteiger charge is 2.34. The number of benzene rings is 1. The van der Waals surface area contributed by atoms with Gasteiger partial charge in [-0.25, -0.2) is 12.8 Å². The first kappa shape index (κ1) is 17.9. The molecule has 7 heteroatoms. The normalized spacial score (nSPS) is 21.3. The highest BCUT2D eigenvalue weighted by Crippen LogP contribution is 2.18. The van der Waals surface area contributed by atoms with Gasteiger partial charge in [0, 0.05) is 19.6 Å². The number of hydrogen-bond donors (Lipinski definition) is 0. The molecule has 0 unspecified atom stereocenters. The molecule has 1 aliphatic rings. The minimum atomic E-state index is -3.02. The van der Waals surface area contributed by atoms with Gasteiger partial charge in [-0.3, -0.25) is 9.69 Å². The molecule has 0 aliphatic carbocycles. The first-order chi connectivity index (χ1) is 10.7. The Hall–Kier alpha value is -1.47. The van der Waals surface area contributed by atoms with Crippen molar-refractivity contribution < 1.29 is 17.6 Å². The van der Waals surface area contributed by atoms with Crippen LogP contribution in [0.4, 0.5) is 4.39 Å². The quantitative estimate of drug-likeness (QED) is 0.809. The van der Waals surface area contributed by atoms with Gasteiger partial charge in [0.1, 0.15) is 5.82 Å². The van der Waals surface area contributed by atoms with Crippen LogP contribution in [0.2, 0.25) is 0 Å². The lowest BCUT2D eigenvalue weighted by molar-refractivity contribution is -0.136. The van der Waals surface area contributed by atoms with E-state index in [1.54, 1.807) is 31.0 Å². The van der Waals surface area contributed by atoms with Crippen molar-refractivity contribution in [3.63, 3.8) is 0 Å². The fourth-order valence-electron chi connectivity index (χ4n) is 2.76. The van der Waals surface area contributed by atoms with E-state index < -0.39 is 9.84 Å².